The monoisotopic (exact) mass is 850 g/mol. The van der Waals surface area contributed by atoms with Crippen LogP contribution >= 0.6 is 0 Å². The van der Waals surface area contributed by atoms with Gasteiger partial charge in [-0.05, 0) is 37.5 Å². The first-order valence-corrected chi connectivity index (χ1v) is 21.3. The molecule has 4 aliphatic carbocycles. The van der Waals surface area contributed by atoms with Gasteiger partial charge in [-0.25, -0.2) is 41.9 Å². The van der Waals surface area contributed by atoms with Gasteiger partial charge >= 0.3 is 21.7 Å². The number of carbonyl (C=O) groups excluding carboxylic acids is 2. The van der Waals surface area contributed by atoms with Gasteiger partial charge in [0.1, 0.15) is 0 Å². The van der Waals surface area contributed by atoms with Crippen LogP contribution in [0.15, 0.2) is 60.7 Å². The average molecular weight is 851 g/mol. The zero-order valence-corrected chi connectivity index (χ0v) is 37.9. The Kier molecular flexibility index (Phi) is 23.6. The van der Waals surface area contributed by atoms with Crippen LogP contribution in [0.5, 0.6) is 0 Å². The van der Waals surface area contributed by atoms with Gasteiger partial charge in [-0.3, -0.25) is 21.7 Å². The Morgan fingerprint density at radius 3 is 1.20 bits per heavy atom. The van der Waals surface area contributed by atoms with Crippen LogP contribution in [0, 0.1) is 70.2 Å². The van der Waals surface area contributed by atoms with Gasteiger partial charge in [0.15, 0.2) is 0 Å². The van der Waals surface area contributed by atoms with E-state index in [0.29, 0.717) is 48.9 Å². The fourth-order valence-corrected chi connectivity index (χ4v) is 7.39. The van der Waals surface area contributed by atoms with Crippen molar-refractivity contribution < 1.29 is 48.9 Å². The summed E-state index contributed by atoms with van der Waals surface area (Å²) in [5, 5.41) is 0. The zero-order valence-electron chi connectivity index (χ0n) is 36.4. The predicted molar refractivity (Wildman–Crippen MR) is 226 cm³/mol. The van der Waals surface area contributed by atoms with Crippen molar-refractivity contribution in [3.63, 3.8) is 0 Å². The van der Waals surface area contributed by atoms with E-state index in [2.05, 4.69) is 36.4 Å². The zero-order chi connectivity index (χ0) is 42.6. The van der Waals surface area contributed by atoms with Gasteiger partial charge in [-0.1, -0.05) is 92.9 Å². The topological polar surface area (TPSA) is 40.6 Å². The second kappa shape index (κ2) is 26.9. The van der Waals surface area contributed by atoms with E-state index in [9.17, 15) is 27.2 Å². The van der Waals surface area contributed by atoms with Crippen LogP contribution < -0.4 is 0 Å². The van der Waals surface area contributed by atoms with Crippen LogP contribution in [0.2, 0.25) is 0 Å². The summed E-state index contributed by atoms with van der Waals surface area (Å²) >= 11 is 0. The maximum absolute atomic E-state index is 13.8. The van der Waals surface area contributed by atoms with Crippen molar-refractivity contribution in [1.29, 1.82) is 0 Å². The summed E-state index contributed by atoms with van der Waals surface area (Å²) in [4.78, 5) is 29.3. The minimum atomic E-state index is -0.693. The average Bonchev–Trinajstić information content (AvgIpc) is 3.97. The Morgan fingerprint density at radius 2 is 0.949 bits per heavy atom. The molecule has 2 saturated carbocycles. The van der Waals surface area contributed by atoms with E-state index in [1.807, 2.05) is 75.6 Å². The summed E-state index contributed by atoms with van der Waals surface area (Å²) in [5.41, 5.74) is -0.0944. The minimum Gasteiger partial charge on any atom is -0.343 e. The van der Waals surface area contributed by atoms with Crippen molar-refractivity contribution in [3.05, 3.63) is 119 Å². The van der Waals surface area contributed by atoms with E-state index < -0.39 is 34.1 Å². The molecule has 2 aromatic rings. The number of amides is 2. The molecule has 6 rings (SSSR count). The van der Waals surface area contributed by atoms with Gasteiger partial charge in [-0.2, -0.15) is 24.3 Å². The van der Waals surface area contributed by atoms with Crippen molar-refractivity contribution in [2.75, 3.05) is 26.2 Å². The number of hydrogen-bond donors (Lipinski definition) is 0. The standard InChI is InChI=1S/2C20H28F2NO.2C5H5.Ti/c2*1-20(2,3)19(24)23(14-15-7-5-4-6-8-15)12-11-16-9-10-17(21)13-18(16)22;2*1-2-4-5-3-1;/h2*9-10,15H,4-8,11-12,14H2,1-3H3;2*1-3H,4H2;/q4*-1;+4. The second-order valence-corrected chi connectivity index (χ2v) is 17.8. The molecule has 9 heteroatoms. The first-order valence-electron chi connectivity index (χ1n) is 21.3. The number of hydrogen-bond acceptors (Lipinski definition) is 2. The van der Waals surface area contributed by atoms with E-state index in [1.165, 1.54) is 62.8 Å². The van der Waals surface area contributed by atoms with Crippen molar-refractivity contribution >= 4 is 11.8 Å². The maximum atomic E-state index is 13.8. The summed E-state index contributed by atoms with van der Waals surface area (Å²) < 4.78 is 53.6. The van der Waals surface area contributed by atoms with Crippen LogP contribution in [-0.2, 0) is 44.1 Å². The Balaban J connectivity index is 0.000000323. The van der Waals surface area contributed by atoms with Crippen molar-refractivity contribution in [2.24, 2.45) is 22.7 Å². The summed E-state index contributed by atoms with van der Waals surface area (Å²) in [7, 11) is 0. The Labute approximate surface area is 368 Å². The first kappa shape index (κ1) is 51.9. The number of carbonyl (C=O) groups is 2. The predicted octanol–water partition coefficient (Wildman–Crippen LogP) is 12.1. The number of halogens is 4. The normalized spacial score (nSPS) is 16.2. The molecule has 320 valence electrons. The quantitative estimate of drug-likeness (QED) is 0.136. The first-order chi connectivity index (χ1) is 27.5. The number of rotatable bonds is 10. The summed E-state index contributed by atoms with van der Waals surface area (Å²) in [6.07, 6.45) is 32.9. The van der Waals surface area contributed by atoms with Crippen molar-refractivity contribution in [3.8, 4) is 0 Å². The van der Waals surface area contributed by atoms with Crippen LogP contribution in [-0.4, -0.2) is 47.8 Å². The van der Waals surface area contributed by atoms with E-state index >= 15 is 0 Å². The fraction of sp³-hybridized carbons (Fsp3) is 0.560. The molecule has 0 saturated heterocycles. The molecule has 0 N–H and O–H groups in total. The smallest absolute Gasteiger partial charge is 0.343 e. The third-order valence-electron chi connectivity index (χ3n) is 10.6. The minimum absolute atomic E-state index is 0. The molecule has 59 heavy (non-hydrogen) atoms. The maximum Gasteiger partial charge on any atom is 4.00 e. The third-order valence-corrected chi connectivity index (χ3v) is 10.6. The molecule has 4 aliphatic rings. The largest absolute Gasteiger partial charge is 4.00 e. The SMILES string of the molecule is CC(C)(C)C(=O)N(CCc1ccc(F)[c-]c1F)CC1CCCCC1.CC(C)(C)C(=O)N(CCc1ccc(F)[c-]c1F)CC1CCCCC1.[C-]1=CC=CC1.[C-]1=CC=CC1.[Ti+4]. The van der Waals surface area contributed by atoms with E-state index in [4.69, 9.17) is 0 Å². The molecule has 0 radical (unpaired) electrons. The molecule has 0 unspecified atom stereocenters. The fourth-order valence-electron chi connectivity index (χ4n) is 7.39. The number of nitrogens with zero attached hydrogens (tertiary/aromatic N) is 2. The second-order valence-electron chi connectivity index (χ2n) is 17.8. The summed E-state index contributed by atoms with van der Waals surface area (Å²) in [5.74, 6) is -1.43. The molecule has 2 fully saturated rings. The van der Waals surface area contributed by atoms with Gasteiger partial charge in [0.25, 0.3) is 0 Å². The molecular weight excluding hydrogens is 784 g/mol. The summed E-state index contributed by atoms with van der Waals surface area (Å²) in [6.45, 7) is 13.9. The van der Waals surface area contributed by atoms with E-state index in [0.717, 1.165) is 51.6 Å². The van der Waals surface area contributed by atoms with Crippen LogP contribution in [0.1, 0.15) is 130 Å². The number of allylic oxidation sites excluding steroid dienone is 8. The molecule has 0 aromatic heterocycles. The van der Waals surface area contributed by atoms with E-state index in [1.54, 1.807) is 0 Å². The molecule has 0 aliphatic heterocycles. The van der Waals surface area contributed by atoms with Crippen molar-refractivity contribution in [2.45, 2.75) is 131 Å². The van der Waals surface area contributed by atoms with Crippen molar-refractivity contribution in [1.82, 2.24) is 9.80 Å². The Bertz CT molecular complexity index is 1530. The van der Waals surface area contributed by atoms with Crippen LogP contribution in [0.4, 0.5) is 17.6 Å². The number of benzene rings is 2. The Hall–Kier alpha value is -3.23. The Morgan fingerprint density at radius 1 is 0.593 bits per heavy atom. The van der Waals surface area contributed by atoms with Crippen LogP contribution in [0.3, 0.4) is 0 Å². The molecule has 2 amide bonds. The molecule has 0 atom stereocenters. The van der Waals surface area contributed by atoms with Gasteiger partial charge in [-0.15, -0.1) is 48.2 Å². The van der Waals surface area contributed by atoms with Gasteiger partial charge < -0.3 is 9.80 Å². The molecule has 4 nitrogen and oxygen atoms in total. The van der Waals surface area contributed by atoms with Crippen LogP contribution in [0.25, 0.3) is 0 Å². The molecule has 2 aromatic carbocycles. The van der Waals surface area contributed by atoms with Gasteiger partial charge in [0, 0.05) is 60.3 Å². The van der Waals surface area contributed by atoms with Gasteiger partial charge in [0.05, 0.1) is 0 Å². The molecular formula is C50H66F4N2O2Ti. The molecule has 0 bridgehead atoms. The summed E-state index contributed by atoms with van der Waals surface area (Å²) in [6, 6.07) is 9.46. The molecule has 0 heterocycles. The third kappa shape index (κ3) is 20.3. The van der Waals surface area contributed by atoms with E-state index in [-0.39, 0.29) is 33.5 Å². The molecule has 0 spiro atoms. The van der Waals surface area contributed by atoms with Gasteiger partial charge in [0.2, 0.25) is 11.8 Å².